The number of anilines is 1. The Kier molecular flexibility index (Phi) is 8.19. The van der Waals surface area contributed by atoms with Crippen molar-refractivity contribution in [2.75, 3.05) is 45.2 Å². The molecule has 0 saturated heterocycles. The van der Waals surface area contributed by atoms with Gasteiger partial charge in [0, 0.05) is 38.6 Å². The first kappa shape index (κ1) is 22.9. The Bertz CT molecular complexity index is 919. The van der Waals surface area contributed by atoms with Gasteiger partial charge in [-0.1, -0.05) is 6.07 Å². The standard InChI is InChI=1S/C21H28N2O5S/c1-16-5-8-19(15-17(16)2)22-29(25,26)20-9-6-18(7-10-20)21(24)23(11-13-27-3)12-14-28-4/h5-10,15,22H,11-14H2,1-4H3. The van der Waals surface area contributed by atoms with Crippen molar-refractivity contribution in [3.8, 4) is 0 Å². The van der Waals surface area contributed by atoms with Crippen LogP contribution in [0.4, 0.5) is 5.69 Å². The summed E-state index contributed by atoms with van der Waals surface area (Å²) in [6, 6.07) is 11.3. The van der Waals surface area contributed by atoms with Crippen molar-refractivity contribution in [2.24, 2.45) is 0 Å². The Morgan fingerprint density at radius 3 is 2.03 bits per heavy atom. The van der Waals surface area contributed by atoms with Crippen LogP contribution >= 0.6 is 0 Å². The number of hydrogen-bond donors (Lipinski definition) is 1. The van der Waals surface area contributed by atoms with Crippen LogP contribution in [0.15, 0.2) is 47.4 Å². The van der Waals surface area contributed by atoms with Gasteiger partial charge in [0.25, 0.3) is 15.9 Å². The molecule has 0 aliphatic rings. The smallest absolute Gasteiger partial charge is 0.261 e. The maximum absolute atomic E-state index is 12.7. The normalized spacial score (nSPS) is 11.3. The Balaban J connectivity index is 2.16. The highest BCUT2D eigenvalue weighted by Gasteiger charge is 2.18. The van der Waals surface area contributed by atoms with Crippen molar-refractivity contribution in [1.29, 1.82) is 0 Å². The fourth-order valence-electron chi connectivity index (χ4n) is 2.70. The number of carbonyl (C=O) groups is 1. The van der Waals surface area contributed by atoms with Crippen molar-refractivity contribution in [3.63, 3.8) is 0 Å². The molecule has 1 N–H and O–H groups in total. The number of nitrogens with zero attached hydrogens (tertiary/aromatic N) is 1. The van der Waals surface area contributed by atoms with Gasteiger partial charge in [0.1, 0.15) is 0 Å². The summed E-state index contributed by atoms with van der Waals surface area (Å²) in [7, 11) is -0.608. The third-order valence-electron chi connectivity index (χ3n) is 4.59. The minimum atomic E-state index is -3.75. The summed E-state index contributed by atoms with van der Waals surface area (Å²) in [5, 5.41) is 0. The minimum Gasteiger partial charge on any atom is -0.383 e. The molecule has 2 rings (SSSR count). The molecule has 29 heavy (non-hydrogen) atoms. The summed E-state index contributed by atoms with van der Waals surface area (Å²) in [5.74, 6) is -0.204. The molecule has 158 valence electrons. The molecule has 0 aliphatic heterocycles. The van der Waals surface area contributed by atoms with Gasteiger partial charge in [-0.05, 0) is 61.4 Å². The molecule has 0 fully saturated rings. The van der Waals surface area contributed by atoms with E-state index in [1.807, 2.05) is 19.9 Å². The predicted octanol–water partition coefficient (Wildman–Crippen LogP) is 2.84. The number of carbonyl (C=O) groups excluding carboxylic acids is 1. The zero-order chi connectivity index (χ0) is 21.4. The molecule has 2 aromatic carbocycles. The lowest BCUT2D eigenvalue weighted by Crippen LogP contribution is -2.36. The summed E-state index contributed by atoms with van der Waals surface area (Å²) in [6.45, 7) is 5.54. The van der Waals surface area contributed by atoms with Crippen LogP contribution in [0.2, 0.25) is 0 Å². The van der Waals surface area contributed by atoms with E-state index < -0.39 is 10.0 Å². The Morgan fingerprint density at radius 1 is 0.931 bits per heavy atom. The lowest BCUT2D eigenvalue weighted by atomic mass is 10.1. The third-order valence-corrected chi connectivity index (χ3v) is 5.99. The first-order valence-corrected chi connectivity index (χ1v) is 10.7. The van der Waals surface area contributed by atoms with Gasteiger partial charge in [0.15, 0.2) is 0 Å². The molecular weight excluding hydrogens is 392 g/mol. The van der Waals surface area contributed by atoms with E-state index in [-0.39, 0.29) is 10.8 Å². The van der Waals surface area contributed by atoms with Crippen molar-refractivity contribution in [3.05, 3.63) is 59.2 Å². The van der Waals surface area contributed by atoms with Crippen molar-refractivity contribution >= 4 is 21.6 Å². The van der Waals surface area contributed by atoms with E-state index in [4.69, 9.17) is 9.47 Å². The monoisotopic (exact) mass is 420 g/mol. The number of hydrogen-bond acceptors (Lipinski definition) is 5. The summed E-state index contributed by atoms with van der Waals surface area (Å²) in [5.41, 5.74) is 2.99. The van der Waals surface area contributed by atoms with Gasteiger partial charge in [0.2, 0.25) is 0 Å². The second kappa shape index (κ2) is 10.4. The molecule has 0 aliphatic carbocycles. The molecule has 0 heterocycles. The molecule has 8 heteroatoms. The van der Waals surface area contributed by atoms with Crippen LogP contribution in [-0.2, 0) is 19.5 Å². The fraction of sp³-hybridized carbons (Fsp3) is 0.381. The Labute approximate surface area is 172 Å². The van der Waals surface area contributed by atoms with E-state index in [2.05, 4.69) is 4.72 Å². The third kappa shape index (κ3) is 6.28. The van der Waals surface area contributed by atoms with Gasteiger partial charge < -0.3 is 14.4 Å². The molecule has 0 aromatic heterocycles. The van der Waals surface area contributed by atoms with Crippen LogP contribution in [0.25, 0.3) is 0 Å². The Hall–Kier alpha value is -2.42. The van der Waals surface area contributed by atoms with Gasteiger partial charge in [-0.25, -0.2) is 8.42 Å². The van der Waals surface area contributed by atoms with E-state index >= 15 is 0 Å². The van der Waals surface area contributed by atoms with E-state index in [1.54, 1.807) is 31.3 Å². The number of benzene rings is 2. The van der Waals surface area contributed by atoms with E-state index in [0.717, 1.165) is 11.1 Å². The van der Waals surface area contributed by atoms with Gasteiger partial charge in [-0.15, -0.1) is 0 Å². The first-order chi connectivity index (χ1) is 13.8. The summed E-state index contributed by atoms with van der Waals surface area (Å²) in [4.78, 5) is 14.4. The van der Waals surface area contributed by atoms with Crippen molar-refractivity contribution < 1.29 is 22.7 Å². The first-order valence-electron chi connectivity index (χ1n) is 9.26. The molecule has 0 bridgehead atoms. The highest BCUT2D eigenvalue weighted by atomic mass is 32.2. The summed E-state index contributed by atoms with van der Waals surface area (Å²) >= 11 is 0. The van der Waals surface area contributed by atoms with E-state index in [9.17, 15) is 13.2 Å². The van der Waals surface area contributed by atoms with Crippen LogP contribution in [0.3, 0.4) is 0 Å². The van der Waals surface area contributed by atoms with E-state index in [1.165, 1.54) is 24.3 Å². The Morgan fingerprint density at radius 2 is 1.52 bits per heavy atom. The molecule has 0 unspecified atom stereocenters. The quantitative estimate of drug-likeness (QED) is 0.639. The number of nitrogens with one attached hydrogen (secondary N) is 1. The summed E-state index contributed by atoms with van der Waals surface area (Å²) in [6.07, 6.45) is 0. The lowest BCUT2D eigenvalue weighted by Gasteiger charge is -2.22. The molecule has 2 aromatic rings. The highest BCUT2D eigenvalue weighted by Crippen LogP contribution is 2.20. The minimum absolute atomic E-state index is 0.0904. The van der Waals surface area contributed by atoms with Crippen LogP contribution < -0.4 is 4.72 Å². The van der Waals surface area contributed by atoms with Gasteiger partial charge in [-0.2, -0.15) is 0 Å². The molecule has 0 spiro atoms. The average Bonchev–Trinajstić information content (AvgIpc) is 2.70. The van der Waals surface area contributed by atoms with Crippen LogP contribution in [0.1, 0.15) is 21.5 Å². The zero-order valence-electron chi connectivity index (χ0n) is 17.3. The molecule has 0 saturated carbocycles. The zero-order valence-corrected chi connectivity index (χ0v) is 18.1. The van der Waals surface area contributed by atoms with Crippen LogP contribution in [0, 0.1) is 13.8 Å². The number of sulfonamides is 1. The highest BCUT2D eigenvalue weighted by molar-refractivity contribution is 7.92. The number of methoxy groups -OCH3 is 2. The van der Waals surface area contributed by atoms with Gasteiger partial charge in [-0.3, -0.25) is 9.52 Å². The largest absolute Gasteiger partial charge is 0.383 e. The van der Waals surface area contributed by atoms with Crippen LogP contribution in [0.5, 0.6) is 0 Å². The lowest BCUT2D eigenvalue weighted by molar-refractivity contribution is 0.0627. The second-order valence-electron chi connectivity index (χ2n) is 6.71. The topological polar surface area (TPSA) is 84.9 Å². The summed E-state index contributed by atoms with van der Waals surface area (Å²) < 4.78 is 38.0. The van der Waals surface area contributed by atoms with Crippen molar-refractivity contribution in [2.45, 2.75) is 18.7 Å². The molecule has 1 amide bonds. The second-order valence-corrected chi connectivity index (χ2v) is 8.39. The van der Waals surface area contributed by atoms with Gasteiger partial charge >= 0.3 is 0 Å². The molecule has 0 atom stereocenters. The fourth-order valence-corrected chi connectivity index (χ4v) is 3.75. The number of rotatable bonds is 10. The van der Waals surface area contributed by atoms with Crippen molar-refractivity contribution in [1.82, 2.24) is 4.90 Å². The maximum atomic E-state index is 12.7. The number of amides is 1. The molecular formula is C21H28N2O5S. The molecule has 0 radical (unpaired) electrons. The molecule has 7 nitrogen and oxygen atoms in total. The predicted molar refractivity (Wildman–Crippen MR) is 113 cm³/mol. The van der Waals surface area contributed by atoms with E-state index in [0.29, 0.717) is 37.6 Å². The number of aryl methyl sites for hydroxylation is 2. The maximum Gasteiger partial charge on any atom is 0.261 e. The van der Waals surface area contributed by atoms with Crippen LogP contribution in [-0.4, -0.2) is 59.7 Å². The average molecular weight is 421 g/mol. The van der Waals surface area contributed by atoms with Gasteiger partial charge in [0.05, 0.1) is 18.1 Å². The number of ether oxygens (including phenoxy) is 2. The SMILES string of the molecule is COCCN(CCOC)C(=O)c1ccc(S(=O)(=O)Nc2ccc(C)c(C)c2)cc1.